The average molecular weight is 368 g/mol. The topological polar surface area (TPSA) is 68.4 Å². The molecule has 0 saturated carbocycles. The Morgan fingerprint density at radius 3 is 2.70 bits per heavy atom. The molecule has 2 aromatic rings. The largest absolute Gasteiger partial charge is 0.354 e. The molecule has 2 N–H and O–H groups in total. The molecule has 6 heteroatoms. The van der Waals surface area contributed by atoms with Crippen molar-refractivity contribution < 1.29 is 4.79 Å². The van der Waals surface area contributed by atoms with E-state index in [9.17, 15) is 9.59 Å². The quantitative estimate of drug-likeness (QED) is 0.845. The van der Waals surface area contributed by atoms with Crippen molar-refractivity contribution in [1.82, 2.24) is 20.1 Å². The van der Waals surface area contributed by atoms with Crippen LogP contribution >= 0.6 is 0 Å². The molecule has 1 spiro atoms. The molecule has 2 fully saturated rings. The molecule has 4 rings (SSSR count). The van der Waals surface area contributed by atoms with Crippen LogP contribution in [-0.4, -0.2) is 59.5 Å². The Bertz CT molecular complexity index is 912. The van der Waals surface area contributed by atoms with Crippen molar-refractivity contribution in [2.75, 3.05) is 33.2 Å². The standard InChI is InChI=1S/C21H28N4O2/c1-15-5-3-6-16-13-17(19(26)23-18(15)16)14-25-11-7-21(8-12-25)20(27)22-9-4-10-24(21)2/h3,5-6,13H,4,7-12,14H2,1-2H3,(H,22,27)(H,23,26). The number of para-hydroxylation sites is 1. The minimum Gasteiger partial charge on any atom is -0.354 e. The van der Waals surface area contributed by atoms with E-state index < -0.39 is 0 Å². The van der Waals surface area contributed by atoms with Gasteiger partial charge in [-0.1, -0.05) is 18.2 Å². The summed E-state index contributed by atoms with van der Waals surface area (Å²) in [7, 11) is 2.07. The lowest BCUT2D eigenvalue weighted by Gasteiger charge is -2.45. The third-order valence-electron chi connectivity index (χ3n) is 6.35. The summed E-state index contributed by atoms with van der Waals surface area (Å²) in [4.78, 5) is 32.8. The SMILES string of the molecule is Cc1cccc2cc(CN3CCC4(CC3)C(=O)NCCCN4C)c(=O)[nH]c12. The van der Waals surface area contributed by atoms with Crippen molar-refractivity contribution in [3.8, 4) is 0 Å². The van der Waals surface area contributed by atoms with Crippen LogP contribution in [0.5, 0.6) is 0 Å². The van der Waals surface area contributed by atoms with Gasteiger partial charge in [0.15, 0.2) is 0 Å². The number of pyridine rings is 1. The van der Waals surface area contributed by atoms with Gasteiger partial charge in [0.25, 0.3) is 5.56 Å². The summed E-state index contributed by atoms with van der Waals surface area (Å²) < 4.78 is 0. The number of amides is 1. The van der Waals surface area contributed by atoms with E-state index in [0.29, 0.717) is 6.54 Å². The van der Waals surface area contributed by atoms with Crippen LogP contribution in [0.2, 0.25) is 0 Å². The zero-order chi connectivity index (χ0) is 19.0. The van der Waals surface area contributed by atoms with Crippen LogP contribution in [0, 0.1) is 6.92 Å². The normalized spacial score (nSPS) is 21.3. The van der Waals surface area contributed by atoms with Gasteiger partial charge < -0.3 is 10.3 Å². The monoisotopic (exact) mass is 368 g/mol. The molecule has 0 bridgehead atoms. The fraction of sp³-hybridized carbons (Fsp3) is 0.524. The number of aromatic amines is 1. The van der Waals surface area contributed by atoms with Crippen LogP contribution < -0.4 is 10.9 Å². The molecule has 0 radical (unpaired) electrons. The number of fused-ring (bicyclic) bond motifs is 1. The van der Waals surface area contributed by atoms with Crippen molar-refractivity contribution >= 4 is 16.8 Å². The molecule has 0 atom stereocenters. The minimum atomic E-state index is -0.389. The first-order chi connectivity index (χ1) is 13.0. The number of nitrogens with one attached hydrogen (secondary N) is 2. The van der Waals surface area contributed by atoms with Crippen molar-refractivity contribution in [2.45, 2.75) is 38.3 Å². The van der Waals surface area contributed by atoms with Gasteiger partial charge in [-0.05, 0) is 50.2 Å². The van der Waals surface area contributed by atoms with Gasteiger partial charge in [0.2, 0.25) is 5.91 Å². The van der Waals surface area contributed by atoms with E-state index in [1.54, 1.807) is 0 Å². The number of carbonyl (C=O) groups is 1. The molecule has 0 unspecified atom stereocenters. The number of H-pyrrole nitrogens is 1. The highest BCUT2D eigenvalue weighted by molar-refractivity contribution is 5.86. The average Bonchev–Trinajstić information content (AvgIpc) is 2.79. The molecule has 144 valence electrons. The maximum Gasteiger partial charge on any atom is 0.252 e. The van der Waals surface area contributed by atoms with Gasteiger partial charge in [0.1, 0.15) is 5.54 Å². The van der Waals surface area contributed by atoms with E-state index in [4.69, 9.17) is 0 Å². The highest BCUT2D eigenvalue weighted by atomic mass is 16.2. The van der Waals surface area contributed by atoms with E-state index in [1.807, 2.05) is 31.2 Å². The number of aryl methyl sites for hydroxylation is 1. The predicted molar refractivity (Wildman–Crippen MR) is 107 cm³/mol. The van der Waals surface area contributed by atoms with Crippen LogP contribution in [0.3, 0.4) is 0 Å². The van der Waals surface area contributed by atoms with Crippen LogP contribution in [0.4, 0.5) is 0 Å². The smallest absolute Gasteiger partial charge is 0.252 e. The van der Waals surface area contributed by atoms with Crippen LogP contribution in [0.1, 0.15) is 30.4 Å². The van der Waals surface area contributed by atoms with E-state index in [1.165, 1.54) is 0 Å². The second-order valence-corrected chi connectivity index (χ2v) is 8.00. The van der Waals surface area contributed by atoms with Gasteiger partial charge in [-0.2, -0.15) is 0 Å². The third kappa shape index (κ3) is 3.28. The Hall–Kier alpha value is -2.18. The molecule has 1 amide bonds. The molecule has 2 saturated heterocycles. The highest BCUT2D eigenvalue weighted by Gasteiger charge is 2.45. The first-order valence-electron chi connectivity index (χ1n) is 9.83. The Morgan fingerprint density at radius 1 is 1.15 bits per heavy atom. The Balaban J connectivity index is 1.51. The summed E-state index contributed by atoms with van der Waals surface area (Å²) in [6.45, 7) is 5.99. The number of rotatable bonds is 2. The molecular formula is C21H28N4O2. The van der Waals surface area contributed by atoms with Gasteiger partial charge in [0.05, 0.1) is 5.52 Å². The zero-order valence-electron chi connectivity index (χ0n) is 16.2. The van der Waals surface area contributed by atoms with E-state index in [2.05, 4.69) is 27.1 Å². The summed E-state index contributed by atoms with van der Waals surface area (Å²) in [5.41, 5.74) is 2.39. The van der Waals surface area contributed by atoms with Gasteiger partial charge in [-0.3, -0.25) is 19.4 Å². The molecule has 1 aromatic heterocycles. The van der Waals surface area contributed by atoms with E-state index in [-0.39, 0.29) is 17.0 Å². The molecule has 1 aromatic carbocycles. The highest BCUT2D eigenvalue weighted by Crippen LogP contribution is 2.30. The maximum atomic E-state index is 12.7. The number of hydrogen-bond donors (Lipinski definition) is 2. The summed E-state index contributed by atoms with van der Waals surface area (Å²) >= 11 is 0. The van der Waals surface area contributed by atoms with Crippen molar-refractivity contribution in [2.24, 2.45) is 0 Å². The van der Waals surface area contributed by atoms with Crippen LogP contribution in [-0.2, 0) is 11.3 Å². The van der Waals surface area contributed by atoms with Crippen molar-refractivity contribution in [3.63, 3.8) is 0 Å². The van der Waals surface area contributed by atoms with Crippen LogP contribution in [0.25, 0.3) is 10.9 Å². The number of nitrogens with zero attached hydrogens (tertiary/aromatic N) is 2. The molecule has 0 aliphatic carbocycles. The number of hydrogen-bond acceptors (Lipinski definition) is 4. The number of aromatic nitrogens is 1. The molecule has 2 aliphatic heterocycles. The zero-order valence-corrected chi connectivity index (χ0v) is 16.2. The Kier molecular flexibility index (Phi) is 4.78. The molecule has 6 nitrogen and oxygen atoms in total. The summed E-state index contributed by atoms with van der Waals surface area (Å²) in [6, 6.07) is 8.08. The van der Waals surface area contributed by atoms with Gasteiger partial charge >= 0.3 is 0 Å². The molecule has 27 heavy (non-hydrogen) atoms. The van der Waals surface area contributed by atoms with Gasteiger partial charge in [0, 0.05) is 38.3 Å². The first kappa shape index (κ1) is 18.2. The fourth-order valence-electron chi connectivity index (χ4n) is 4.55. The second-order valence-electron chi connectivity index (χ2n) is 8.00. The summed E-state index contributed by atoms with van der Waals surface area (Å²) in [5.74, 6) is 0.168. The van der Waals surface area contributed by atoms with Crippen LogP contribution in [0.15, 0.2) is 29.1 Å². The maximum absolute atomic E-state index is 12.7. The number of likely N-dealkylation sites (N-methyl/N-ethyl adjacent to an activating group) is 1. The number of benzene rings is 1. The fourth-order valence-corrected chi connectivity index (χ4v) is 4.55. The second kappa shape index (κ2) is 7.09. The van der Waals surface area contributed by atoms with Crippen molar-refractivity contribution in [3.05, 3.63) is 45.7 Å². The third-order valence-corrected chi connectivity index (χ3v) is 6.35. The minimum absolute atomic E-state index is 0.0126. The lowest BCUT2D eigenvalue weighted by molar-refractivity contribution is -0.134. The lowest BCUT2D eigenvalue weighted by atomic mass is 9.85. The van der Waals surface area contributed by atoms with Gasteiger partial charge in [-0.15, -0.1) is 0 Å². The number of piperidine rings is 1. The molecule has 2 aliphatic rings. The van der Waals surface area contributed by atoms with Crippen molar-refractivity contribution in [1.29, 1.82) is 0 Å². The van der Waals surface area contributed by atoms with E-state index in [0.717, 1.165) is 67.5 Å². The number of likely N-dealkylation sites (tertiary alicyclic amines) is 1. The molecule has 3 heterocycles. The summed E-state index contributed by atoms with van der Waals surface area (Å²) in [6.07, 6.45) is 2.61. The lowest BCUT2D eigenvalue weighted by Crippen LogP contribution is -2.60. The van der Waals surface area contributed by atoms with Gasteiger partial charge in [-0.25, -0.2) is 0 Å². The first-order valence-corrected chi connectivity index (χ1v) is 9.83. The molecular weight excluding hydrogens is 340 g/mol. The Morgan fingerprint density at radius 2 is 1.93 bits per heavy atom. The predicted octanol–water partition coefficient (Wildman–Crippen LogP) is 1.62. The van der Waals surface area contributed by atoms with E-state index >= 15 is 0 Å². The Labute approximate surface area is 159 Å². The number of carbonyl (C=O) groups excluding carboxylic acids is 1. The summed E-state index contributed by atoms with van der Waals surface area (Å²) in [5, 5.41) is 4.15.